The Kier molecular flexibility index (Phi) is 4.77. The summed E-state index contributed by atoms with van der Waals surface area (Å²) in [5.41, 5.74) is 1.54. The highest BCUT2D eigenvalue weighted by atomic mass is 19.1. The van der Waals surface area contributed by atoms with E-state index in [1.807, 2.05) is 6.82 Å². The number of hydrogen-bond donors (Lipinski definition) is 0. The molecule has 1 rings (SSSR count). The molecule has 0 bridgehead atoms. The fourth-order valence-corrected chi connectivity index (χ4v) is 1.30. The Hall–Kier alpha value is -1.58. The van der Waals surface area contributed by atoms with Gasteiger partial charge < -0.3 is 4.74 Å². The van der Waals surface area contributed by atoms with Crippen LogP contribution in [-0.2, 0) is 9.53 Å². The topological polar surface area (TPSA) is 26.3 Å². The van der Waals surface area contributed by atoms with Crippen molar-refractivity contribution in [3.63, 3.8) is 0 Å². The Morgan fingerprint density at radius 2 is 2.31 bits per heavy atom. The van der Waals surface area contributed by atoms with Crippen LogP contribution in [0.5, 0.6) is 0 Å². The average molecular weight is 219 g/mol. The van der Waals surface area contributed by atoms with E-state index in [1.165, 1.54) is 18.2 Å². The van der Waals surface area contributed by atoms with E-state index in [0.29, 0.717) is 6.61 Å². The standard InChI is InChI=1S/C12H13BFO2/c1-3-16-12(15)7-5-9-4-6-10(14)8-11(9)13-2/h4-8H,3H2,1-2H3/b7-5+. The smallest absolute Gasteiger partial charge is 0.330 e. The van der Waals surface area contributed by atoms with Crippen molar-refractivity contribution in [1.82, 2.24) is 0 Å². The lowest BCUT2D eigenvalue weighted by Gasteiger charge is -2.02. The van der Waals surface area contributed by atoms with Gasteiger partial charge in [0.25, 0.3) is 0 Å². The molecule has 0 fully saturated rings. The summed E-state index contributed by atoms with van der Waals surface area (Å²) in [6.45, 7) is 3.91. The maximum absolute atomic E-state index is 12.9. The molecule has 0 spiro atoms. The molecule has 0 aliphatic rings. The summed E-state index contributed by atoms with van der Waals surface area (Å²) >= 11 is 0. The average Bonchev–Trinajstić information content (AvgIpc) is 2.27. The Labute approximate surface area is 95.4 Å². The molecular formula is C12H13BFO2. The number of benzene rings is 1. The maximum Gasteiger partial charge on any atom is 0.330 e. The van der Waals surface area contributed by atoms with Crippen molar-refractivity contribution in [3.05, 3.63) is 35.7 Å². The van der Waals surface area contributed by atoms with E-state index in [2.05, 4.69) is 0 Å². The molecule has 0 atom stereocenters. The number of carbonyl (C=O) groups is 1. The van der Waals surface area contributed by atoms with Crippen molar-refractivity contribution in [1.29, 1.82) is 0 Å². The van der Waals surface area contributed by atoms with E-state index in [1.54, 1.807) is 26.3 Å². The number of carbonyl (C=O) groups excluding carboxylic acids is 1. The molecule has 0 N–H and O–H groups in total. The zero-order valence-corrected chi connectivity index (χ0v) is 9.37. The molecule has 0 aliphatic carbocycles. The second-order valence-electron chi connectivity index (χ2n) is 3.15. The lowest BCUT2D eigenvalue weighted by atomic mass is 9.71. The Morgan fingerprint density at radius 3 is 2.94 bits per heavy atom. The van der Waals surface area contributed by atoms with E-state index < -0.39 is 5.97 Å². The van der Waals surface area contributed by atoms with Gasteiger partial charge in [-0.05, 0) is 30.7 Å². The molecule has 1 radical (unpaired) electrons. The van der Waals surface area contributed by atoms with Crippen LogP contribution in [0.3, 0.4) is 0 Å². The molecule has 0 heterocycles. The quantitative estimate of drug-likeness (QED) is 0.438. The molecular weight excluding hydrogens is 206 g/mol. The minimum Gasteiger partial charge on any atom is -0.463 e. The molecule has 0 saturated heterocycles. The largest absolute Gasteiger partial charge is 0.463 e. The van der Waals surface area contributed by atoms with Crippen LogP contribution >= 0.6 is 0 Å². The normalized spacial score (nSPS) is 10.4. The van der Waals surface area contributed by atoms with E-state index in [-0.39, 0.29) is 5.82 Å². The van der Waals surface area contributed by atoms with Gasteiger partial charge in [-0.3, -0.25) is 0 Å². The lowest BCUT2D eigenvalue weighted by Crippen LogP contribution is -2.15. The molecule has 0 saturated carbocycles. The highest BCUT2D eigenvalue weighted by Gasteiger charge is 2.01. The molecule has 83 valence electrons. The van der Waals surface area contributed by atoms with Crippen LogP contribution in [0.15, 0.2) is 24.3 Å². The van der Waals surface area contributed by atoms with Crippen molar-refractivity contribution in [2.24, 2.45) is 0 Å². The Bertz CT molecular complexity index is 402. The lowest BCUT2D eigenvalue weighted by molar-refractivity contribution is -0.137. The van der Waals surface area contributed by atoms with Crippen LogP contribution < -0.4 is 5.46 Å². The second-order valence-corrected chi connectivity index (χ2v) is 3.15. The fourth-order valence-electron chi connectivity index (χ4n) is 1.30. The van der Waals surface area contributed by atoms with Crippen LogP contribution in [0, 0.1) is 5.82 Å². The van der Waals surface area contributed by atoms with Crippen LogP contribution in [0.2, 0.25) is 6.82 Å². The van der Waals surface area contributed by atoms with Crippen molar-refractivity contribution >= 4 is 24.8 Å². The van der Waals surface area contributed by atoms with Crippen LogP contribution in [0.4, 0.5) is 4.39 Å². The summed E-state index contributed by atoms with van der Waals surface area (Å²) < 4.78 is 17.7. The van der Waals surface area contributed by atoms with Gasteiger partial charge in [-0.2, -0.15) is 0 Å². The fraction of sp³-hybridized carbons (Fsp3) is 0.250. The van der Waals surface area contributed by atoms with Crippen molar-refractivity contribution < 1.29 is 13.9 Å². The SMILES string of the molecule is C[B]c1cc(F)ccc1/C=C/C(=O)OCC. The van der Waals surface area contributed by atoms with Gasteiger partial charge in [-0.15, -0.1) is 0 Å². The minimum absolute atomic E-state index is 0.290. The first-order chi connectivity index (χ1) is 7.67. The first-order valence-electron chi connectivity index (χ1n) is 5.11. The van der Waals surface area contributed by atoms with Gasteiger partial charge in [0.05, 0.1) is 6.61 Å². The van der Waals surface area contributed by atoms with Crippen LogP contribution in [-0.4, -0.2) is 19.9 Å². The third-order valence-corrected chi connectivity index (χ3v) is 2.05. The van der Waals surface area contributed by atoms with E-state index in [9.17, 15) is 9.18 Å². The molecule has 16 heavy (non-hydrogen) atoms. The van der Waals surface area contributed by atoms with E-state index in [0.717, 1.165) is 11.0 Å². The molecule has 0 aromatic heterocycles. The van der Waals surface area contributed by atoms with Gasteiger partial charge in [-0.1, -0.05) is 18.4 Å². The van der Waals surface area contributed by atoms with Crippen molar-refractivity contribution in [3.8, 4) is 0 Å². The Morgan fingerprint density at radius 1 is 1.56 bits per heavy atom. The molecule has 0 unspecified atom stereocenters. The molecule has 1 aromatic rings. The summed E-state index contributed by atoms with van der Waals surface area (Å²) in [7, 11) is 1.79. The summed E-state index contributed by atoms with van der Waals surface area (Å²) in [6.07, 6.45) is 2.95. The summed E-state index contributed by atoms with van der Waals surface area (Å²) in [5.74, 6) is -0.685. The van der Waals surface area contributed by atoms with Crippen molar-refractivity contribution in [2.75, 3.05) is 6.61 Å². The van der Waals surface area contributed by atoms with Gasteiger partial charge in [-0.25, -0.2) is 9.18 Å². The van der Waals surface area contributed by atoms with E-state index >= 15 is 0 Å². The summed E-state index contributed by atoms with van der Waals surface area (Å²) in [4.78, 5) is 11.1. The predicted molar refractivity (Wildman–Crippen MR) is 63.3 cm³/mol. The number of rotatable bonds is 4. The zero-order valence-electron chi connectivity index (χ0n) is 9.37. The third-order valence-electron chi connectivity index (χ3n) is 2.05. The first-order valence-corrected chi connectivity index (χ1v) is 5.11. The predicted octanol–water partition coefficient (Wildman–Crippen LogP) is 1.78. The highest BCUT2D eigenvalue weighted by Crippen LogP contribution is 2.02. The molecule has 0 aliphatic heterocycles. The minimum atomic E-state index is -0.395. The number of ether oxygens (including phenoxy) is 1. The number of halogens is 1. The maximum atomic E-state index is 12.9. The van der Waals surface area contributed by atoms with Gasteiger partial charge in [0.1, 0.15) is 13.1 Å². The summed E-state index contributed by atoms with van der Waals surface area (Å²) in [6, 6.07) is 4.41. The van der Waals surface area contributed by atoms with Crippen molar-refractivity contribution in [2.45, 2.75) is 13.7 Å². The summed E-state index contributed by atoms with van der Waals surface area (Å²) in [5, 5.41) is 0. The molecule has 1 aromatic carbocycles. The van der Waals surface area contributed by atoms with Gasteiger partial charge >= 0.3 is 5.97 Å². The monoisotopic (exact) mass is 219 g/mol. The van der Waals surface area contributed by atoms with Crippen LogP contribution in [0.25, 0.3) is 6.08 Å². The number of hydrogen-bond acceptors (Lipinski definition) is 2. The molecule has 4 heteroatoms. The van der Waals surface area contributed by atoms with Gasteiger partial charge in [0, 0.05) is 6.08 Å². The zero-order chi connectivity index (χ0) is 12.0. The molecule has 0 amide bonds. The highest BCUT2D eigenvalue weighted by molar-refractivity contribution is 6.53. The van der Waals surface area contributed by atoms with E-state index in [4.69, 9.17) is 4.74 Å². The van der Waals surface area contributed by atoms with Gasteiger partial charge in [0.2, 0.25) is 0 Å². The first kappa shape index (κ1) is 12.5. The van der Waals surface area contributed by atoms with Crippen LogP contribution in [0.1, 0.15) is 12.5 Å². The second kappa shape index (κ2) is 6.11. The Balaban J connectivity index is 2.84. The third kappa shape index (κ3) is 3.53. The van der Waals surface area contributed by atoms with Gasteiger partial charge in [0.15, 0.2) is 0 Å². The number of esters is 1. The molecule has 2 nitrogen and oxygen atoms in total.